The highest BCUT2D eigenvalue weighted by molar-refractivity contribution is 6.06. The van der Waals surface area contributed by atoms with Crippen LogP contribution in [0.15, 0.2) is 253 Å². The van der Waals surface area contributed by atoms with Gasteiger partial charge < -0.3 is 9.32 Å². The summed E-state index contributed by atoms with van der Waals surface area (Å²) in [5, 5.41) is 4.79. The Bertz CT molecular complexity index is 3880. The molecule has 0 radical (unpaired) electrons. The molecule has 0 N–H and O–H groups in total. The zero-order valence-electron chi connectivity index (χ0n) is 38.5. The molecule has 1 aliphatic carbocycles. The molecule has 0 atom stereocenters. The Labute approximate surface area is 403 Å². The van der Waals surface area contributed by atoms with Crippen molar-refractivity contribution in [2.75, 3.05) is 4.90 Å². The lowest BCUT2D eigenvalue weighted by Gasteiger charge is -2.28. The number of benzene rings is 11. The van der Waals surface area contributed by atoms with Gasteiger partial charge in [0.15, 0.2) is 0 Å². The van der Waals surface area contributed by atoms with Crippen molar-refractivity contribution in [2.24, 2.45) is 0 Å². The molecule has 0 saturated carbocycles. The fourth-order valence-electron chi connectivity index (χ4n) is 10.9. The minimum Gasteiger partial charge on any atom is -0.456 e. The Kier molecular flexibility index (Phi) is 9.55. The Hall–Kier alpha value is -8.72. The maximum Gasteiger partial charge on any atom is 0.136 e. The fraction of sp³-hybridized carbons (Fsp3) is 0.0448. The largest absolute Gasteiger partial charge is 0.456 e. The van der Waals surface area contributed by atoms with Gasteiger partial charge in [-0.15, -0.1) is 0 Å². The molecule has 0 aliphatic heterocycles. The predicted molar refractivity (Wildman–Crippen MR) is 291 cm³/mol. The van der Waals surface area contributed by atoms with Gasteiger partial charge in [-0.25, -0.2) is 0 Å². The molecule has 0 unspecified atom stereocenters. The average molecular weight is 882 g/mol. The third kappa shape index (κ3) is 6.95. The van der Waals surface area contributed by atoms with E-state index >= 15 is 0 Å². The molecular formula is C67H47NO. The monoisotopic (exact) mass is 881 g/mol. The number of para-hydroxylation sites is 1. The van der Waals surface area contributed by atoms with Crippen LogP contribution in [0.2, 0.25) is 0 Å². The lowest BCUT2D eigenvalue weighted by molar-refractivity contribution is 0.660. The third-order valence-electron chi connectivity index (χ3n) is 14.5. The Morgan fingerprint density at radius 2 is 0.696 bits per heavy atom. The van der Waals surface area contributed by atoms with Crippen molar-refractivity contribution in [3.8, 4) is 66.8 Å². The molecule has 0 fully saturated rings. The van der Waals surface area contributed by atoms with Gasteiger partial charge in [-0.3, -0.25) is 0 Å². The van der Waals surface area contributed by atoms with Crippen LogP contribution in [0.4, 0.5) is 17.1 Å². The minimum atomic E-state index is -0.193. The number of anilines is 3. The highest BCUT2D eigenvalue weighted by Gasteiger charge is 2.36. The number of furan rings is 1. The molecule has 0 bridgehead atoms. The first-order valence-electron chi connectivity index (χ1n) is 23.9. The number of rotatable bonds is 8. The highest BCUT2D eigenvalue weighted by atomic mass is 16.3. The van der Waals surface area contributed by atoms with Gasteiger partial charge in [-0.1, -0.05) is 202 Å². The highest BCUT2D eigenvalue weighted by Crippen LogP contribution is 2.52. The van der Waals surface area contributed by atoms with Crippen LogP contribution in [-0.4, -0.2) is 0 Å². The Morgan fingerprint density at radius 3 is 1.35 bits per heavy atom. The van der Waals surface area contributed by atoms with Gasteiger partial charge in [0.1, 0.15) is 11.2 Å². The number of hydrogen-bond acceptors (Lipinski definition) is 2. The first-order chi connectivity index (χ1) is 33.9. The van der Waals surface area contributed by atoms with Crippen LogP contribution in [0, 0.1) is 0 Å². The van der Waals surface area contributed by atoms with Crippen LogP contribution in [0.5, 0.6) is 0 Å². The van der Waals surface area contributed by atoms with Crippen molar-refractivity contribution in [3.63, 3.8) is 0 Å². The molecule has 1 aromatic heterocycles. The standard InChI is InChI=1S/C67H47NO/c1-67(2)63-41-50(44-13-5-3-6-14-44)31-38-59(63)60-40-37-54(43-64(60)67)68(53-35-29-49(30-36-53)56-19-12-20-57-55(18-11-21-58(56)57)48-15-7-4-8-16-48)52-33-27-46(28-34-52)45-23-25-47(26-24-45)51-32-39-62-61-17-9-10-22-65(61)69-66(62)42-51/h3-43H,1-2H3. The van der Waals surface area contributed by atoms with Gasteiger partial charge in [-0.05, 0) is 149 Å². The smallest absolute Gasteiger partial charge is 0.136 e. The number of nitrogens with zero attached hydrogens (tertiary/aromatic N) is 1. The molecule has 326 valence electrons. The van der Waals surface area contributed by atoms with Crippen molar-refractivity contribution in [3.05, 3.63) is 260 Å². The molecule has 0 amide bonds. The van der Waals surface area contributed by atoms with Gasteiger partial charge in [0.25, 0.3) is 0 Å². The summed E-state index contributed by atoms with van der Waals surface area (Å²) < 4.78 is 6.22. The molecule has 2 heteroatoms. The molecule has 11 aromatic carbocycles. The van der Waals surface area contributed by atoms with Crippen LogP contribution in [0.25, 0.3) is 99.5 Å². The first kappa shape index (κ1) is 40.5. The summed E-state index contributed by atoms with van der Waals surface area (Å²) in [6.07, 6.45) is 0. The van der Waals surface area contributed by atoms with E-state index in [-0.39, 0.29) is 5.41 Å². The van der Waals surface area contributed by atoms with Gasteiger partial charge in [-0.2, -0.15) is 0 Å². The van der Waals surface area contributed by atoms with Crippen LogP contribution in [0.3, 0.4) is 0 Å². The van der Waals surface area contributed by atoms with Gasteiger partial charge >= 0.3 is 0 Å². The fourth-order valence-corrected chi connectivity index (χ4v) is 10.9. The van der Waals surface area contributed by atoms with Crippen LogP contribution < -0.4 is 4.90 Å². The maximum atomic E-state index is 6.22. The molecule has 0 saturated heterocycles. The average Bonchev–Trinajstić information content (AvgIpc) is 3.90. The summed E-state index contributed by atoms with van der Waals surface area (Å²) in [4.78, 5) is 2.41. The van der Waals surface area contributed by atoms with E-state index in [0.717, 1.165) is 50.1 Å². The van der Waals surface area contributed by atoms with E-state index in [1.54, 1.807) is 0 Å². The van der Waals surface area contributed by atoms with Crippen molar-refractivity contribution in [1.82, 2.24) is 0 Å². The van der Waals surface area contributed by atoms with Crippen LogP contribution in [-0.2, 0) is 5.41 Å². The normalized spacial score (nSPS) is 12.6. The zero-order valence-corrected chi connectivity index (χ0v) is 38.5. The van der Waals surface area contributed by atoms with E-state index in [2.05, 4.69) is 255 Å². The van der Waals surface area contributed by atoms with Crippen molar-refractivity contribution >= 4 is 49.8 Å². The van der Waals surface area contributed by atoms with Crippen molar-refractivity contribution < 1.29 is 4.42 Å². The molecule has 2 nitrogen and oxygen atoms in total. The van der Waals surface area contributed by atoms with E-state index in [4.69, 9.17) is 4.42 Å². The second-order valence-corrected chi connectivity index (χ2v) is 18.9. The summed E-state index contributed by atoms with van der Waals surface area (Å²) in [6, 6.07) is 90.6. The van der Waals surface area contributed by atoms with E-state index < -0.39 is 0 Å². The topological polar surface area (TPSA) is 16.4 Å². The minimum absolute atomic E-state index is 0.193. The first-order valence-corrected chi connectivity index (χ1v) is 23.9. The van der Waals surface area contributed by atoms with E-state index in [1.165, 1.54) is 77.5 Å². The molecule has 12 aromatic rings. The van der Waals surface area contributed by atoms with Crippen LogP contribution in [0.1, 0.15) is 25.0 Å². The quantitative estimate of drug-likeness (QED) is 0.151. The predicted octanol–water partition coefficient (Wildman–Crippen LogP) is 18.9. The zero-order chi connectivity index (χ0) is 46.1. The lowest BCUT2D eigenvalue weighted by Crippen LogP contribution is -2.16. The van der Waals surface area contributed by atoms with Crippen molar-refractivity contribution in [2.45, 2.75) is 19.3 Å². The van der Waals surface area contributed by atoms with Crippen LogP contribution >= 0.6 is 0 Å². The molecule has 1 aliphatic rings. The number of fused-ring (bicyclic) bond motifs is 7. The summed E-state index contributed by atoms with van der Waals surface area (Å²) in [5.74, 6) is 0. The van der Waals surface area contributed by atoms with Gasteiger partial charge in [0.2, 0.25) is 0 Å². The van der Waals surface area contributed by atoms with Gasteiger partial charge in [0.05, 0.1) is 0 Å². The maximum absolute atomic E-state index is 6.22. The summed E-state index contributed by atoms with van der Waals surface area (Å²) >= 11 is 0. The van der Waals surface area contributed by atoms with E-state index in [0.29, 0.717) is 0 Å². The Balaban J connectivity index is 0.865. The Morgan fingerprint density at radius 1 is 0.275 bits per heavy atom. The summed E-state index contributed by atoms with van der Waals surface area (Å²) in [6.45, 7) is 4.75. The number of hydrogen-bond donors (Lipinski definition) is 0. The molecular weight excluding hydrogens is 835 g/mol. The summed E-state index contributed by atoms with van der Waals surface area (Å²) in [5.41, 5.74) is 22.3. The SMILES string of the molecule is CC1(C)c2cc(-c3ccccc3)ccc2-c2ccc(N(c3ccc(-c4ccc(-c5ccc6c(c5)oc5ccccc56)cc4)cc3)c3ccc(-c4cccc5c(-c6ccccc6)cccc45)cc3)cc21. The molecule has 13 rings (SSSR count). The second kappa shape index (κ2) is 16.3. The second-order valence-electron chi connectivity index (χ2n) is 18.9. The molecule has 0 spiro atoms. The van der Waals surface area contributed by atoms with E-state index in [9.17, 15) is 0 Å². The lowest BCUT2D eigenvalue weighted by atomic mass is 9.81. The third-order valence-corrected chi connectivity index (χ3v) is 14.5. The van der Waals surface area contributed by atoms with E-state index in [1.807, 2.05) is 12.1 Å². The van der Waals surface area contributed by atoms with Crippen molar-refractivity contribution in [1.29, 1.82) is 0 Å². The molecule has 1 heterocycles. The molecule has 69 heavy (non-hydrogen) atoms. The van der Waals surface area contributed by atoms with Gasteiger partial charge in [0, 0.05) is 33.2 Å². The summed E-state index contributed by atoms with van der Waals surface area (Å²) in [7, 11) is 0.